The highest BCUT2D eigenvalue weighted by molar-refractivity contribution is 6.01. The Balaban J connectivity index is 2.86. The number of aromatic nitrogens is 1. The minimum Gasteiger partial charge on any atom is -0.448 e. The molecule has 1 aromatic heterocycles. The van der Waals surface area contributed by atoms with E-state index in [0.717, 1.165) is 0 Å². The molecule has 0 fully saturated rings. The van der Waals surface area contributed by atoms with E-state index in [4.69, 9.17) is 4.74 Å². The summed E-state index contributed by atoms with van der Waals surface area (Å²) in [6.07, 6.45) is 0.602. The molecule has 2 N–H and O–H groups in total. The Kier molecular flexibility index (Phi) is 5.46. The van der Waals surface area contributed by atoms with Gasteiger partial charge in [0.15, 0.2) is 11.9 Å². The maximum atomic E-state index is 12.1. The lowest BCUT2D eigenvalue weighted by Crippen LogP contribution is -2.36. The maximum Gasteiger partial charge on any atom is 0.355 e. The topological polar surface area (TPSA) is 88.3 Å². The number of aromatic amines is 1. The van der Waals surface area contributed by atoms with Gasteiger partial charge in [-0.1, -0.05) is 6.08 Å². The minimum atomic E-state index is -0.929. The first-order chi connectivity index (χ1) is 9.79. The second-order valence-electron chi connectivity index (χ2n) is 4.76. The number of Topliss-reactive ketones (excluding diaryl/α,β-unsaturated/α-hetero) is 1. The standard InChI is InChI=1S/C15H20N2O4/c1-6-7-16-14(19)11(5)21-15(20)13-8(2)12(10(4)18)9(3)17-13/h6,11,17H,1,7H2,2-5H3,(H,16,19). The van der Waals surface area contributed by atoms with Gasteiger partial charge in [0.25, 0.3) is 5.91 Å². The molecule has 1 heterocycles. The van der Waals surface area contributed by atoms with Gasteiger partial charge in [-0.3, -0.25) is 9.59 Å². The smallest absolute Gasteiger partial charge is 0.355 e. The summed E-state index contributed by atoms with van der Waals surface area (Å²) in [5, 5.41) is 2.54. The zero-order valence-corrected chi connectivity index (χ0v) is 12.7. The molecule has 0 saturated heterocycles. The summed E-state index contributed by atoms with van der Waals surface area (Å²) in [6.45, 7) is 10.1. The Labute approximate surface area is 123 Å². The van der Waals surface area contributed by atoms with Crippen molar-refractivity contribution < 1.29 is 19.1 Å². The third-order valence-electron chi connectivity index (χ3n) is 3.07. The first-order valence-corrected chi connectivity index (χ1v) is 6.59. The molecule has 0 aromatic carbocycles. The highest BCUT2D eigenvalue weighted by atomic mass is 16.5. The first kappa shape index (κ1) is 16.7. The summed E-state index contributed by atoms with van der Waals surface area (Å²) in [4.78, 5) is 38.1. The zero-order chi connectivity index (χ0) is 16.2. The van der Waals surface area contributed by atoms with E-state index < -0.39 is 18.0 Å². The largest absolute Gasteiger partial charge is 0.448 e. The Bertz CT molecular complexity index is 587. The fourth-order valence-corrected chi connectivity index (χ4v) is 2.07. The van der Waals surface area contributed by atoms with Gasteiger partial charge >= 0.3 is 5.97 Å². The fraction of sp³-hybridized carbons (Fsp3) is 0.400. The summed E-state index contributed by atoms with van der Waals surface area (Å²) >= 11 is 0. The minimum absolute atomic E-state index is 0.128. The summed E-state index contributed by atoms with van der Waals surface area (Å²) in [7, 11) is 0. The third-order valence-corrected chi connectivity index (χ3v) is 3.07. The lowest BCUT2D eigenvalue weighted by molar-refractivity contribution is -0.128. The number of aryl methyl sites for hydroxylation is 1. The molecule has 0 saturated carbocycles. The van der Waals surface area contributed by atoms with E-state index in [9.17, 15) is 14.4 Å². The molecule has 1 unspecified atom stereocenters. The van der Waals surface area contributed by atoms with Crippen LogP contribution in [0.2, 0.25) is 0 Å². The molecule has 1 amide bonds. The predicted molar refractivity (Wildman–Crippen MR) is 78.4 cm³/mol. The molecule has 1 aromatic rings. The number of hydrogen-bond donors (Lipinski definition) is 2. The van der Waals surface area contributed by atoms with Crippen molar-refractivity contribution in [2.45, 2.75) is 33.8 Å². The van der Waals surface area contributed by atoms with E-state index in [-0.39, 0.29) is 11.5 Å². The number of esters is 1. The van der Waals surface area contributed by atoms with E-state index in [2.05, 4.69) is 16.9 Å². The highest BCUT2D eigenvalue weighted by Gasteiger charge is 2.24. The van der Waals surface area contributed by atoms with Crippen LogP contribution < -0.4 is 5.32 Å². The van der Waals surface area contributed by atoms with Crippen LogP contribution in [0.5, 0.6) is 0 Å². The molecular formula is C15H20N2O4. The lowest BCUT2D eigenvalue weighted by atomic mass is 10.1. The van der Waals surface area contributed by atoms with Crippen LogP contribution in [0, 0.1) is 13.8 Å². The lowest BCUT2D eigenvalue weighted by Gasteiger charge is -2.12. The number of ketones is 1. The summed E-state index contributed by atoms with van der Waals surface area (Å²) < 4.78 is 5.10. The van der Waals surface area contributed by atoms with Crippen molar-refractivity contribution in [3.8, 4) is 0 Å². The maximum absolute atomic E-state index is 12.1. The molecule has 6 nitrogen and oxygen atoms in total. The van der Waals surface area contributed by atoms with Crippen molar-refractivity contribution >= 4 is 17.7 Å². The monoisotopic (exact) mass is 292 g/mol. The molecule has 0 radical (unpaired) electrons. The molecule has 0 aliphatic carbocycles. The van der Waals surface area contributed by atoms with Crippen molar-refractivity contribution in [3.63, 3.8) is 0 Å². The number of rotatable bonds is 6. The Morgan fingerprint density at radius 3 is 2.48 bits per heavy atom. The van der Waals surface area contributed by atoms with Crippen molar-refractivity contribution in [2.24, 2.45) is 0 Å². The van der Waals surface area contributed by atoms with Crippen LogP contribution in [-0.4, -0.2) is 35.3 Å². The van der Waals surface area contributed by atoms with Gasteiger partial charge in [0.2, 0.25) is 0 Å². The summed E-state index contributed by atoms with van der Waals surface area (Å²) in [6, 6.07) is 0. The van der Waals surface area contributed by atoms with E-state index in [0.29, 0.717) is 23.4 Å². The van der Waals surface area contributed by atoms with E-state index in [1.54, 1.807) is 13.8 Å². The van der Waals surface area contributed by atoms with E-state index in [1.165, 1.54) is 19.9 Å². The number of carbonyl (C=O) groups is 3. The average molecular weight is 292 g/mol. The molecule has 21 heavy (non-hydrogen) atoms. The van der Waals surface area contributed by atoms with Gasteiger partial charge in [-0.2, -0.15) is 0 Å². The number of ether oxygens (including phenoxy) is 1. The number of nitrogens with one attached hydrogen (secondary N) is 2. The molecule has 6 heteroatoms. The normalized spacial score (nSPS) is 11.6. The van der Waals surface area contributed by atoms with Crippen molar-refractivity contribution in [2.75, 3.05) is 6.54 Å². The molecule has 114 valence electrons. The van der Waals surface area contributed by atoms with Gasteiger partial charge in [0.05, 0.1) is 0 Å². The van der Waals surface area contributed by atoms with Crippen LogP contribution in [0.3, 0.4) is 0 Å². The number of amides is 1. The Morgan fingerprint density at radius 1 is 1.38 bits per heavy atom. The van der Waals surface area contributed by atoms with Crippen molar-refractivity contribution in [3.05, 3.63) is 35.2 Å². The van der Waals surface area contributed by atoms with Crippen LogP contribution in [-0.2, 0) is 9.53 Å². The Morgan fingerprint density at radius 2 is 2.00 bits per heavy atom. The summed E-state index contributed by atoms with van der Waals surface area (Å²) in [5.74, 6) is -1.20. The zero-order valence-electron chi connectivity index (χ0n) is 12.7. The van der Waals surface area contributed by atoms with Crippen LogP contribution in [0.1, 0.15) is 46.0 Å². The molecule has 0 aliphatic heterocycles. The summed E-state index contributed by atoms with van der Waals surface area (Å²) in [5.41, 5.74) is 1.81. The van der Waals surface area contributed by atoms with Crippen molar-refractivity contribution in [1.29, 1.82) is 0 Å². The number of carbonyl (C=O) groups excluding carboxylic acids is 3. The van der Waals surface area contributed by atoms with Gasteiger partial charge in [-0.15, -0.1) is 6.58 Å². The van der Waals surface area contributed by atoms with Gasteiger partial charge in [0.1, 0.15) is 5.69 Å². The Hall–Kier alpha value is -2.37. The predicted octanol–water partition coefficient (Wildman–Crippen LogP) is 1.68. The van der Waals surface area contributed by atoms with Crippen molar-refractivity contribution in [1.82, 2.24) is 10.3 Å². The molecule has 0 bridgehead atoms. The van der Waals surface area contributed by atoms with Gasteiger partial charge < -0.3 is 15.0 Å². The number of H-pyrrole nitrogens is 1. The molecular weight excluding hydrogens is 272 g/mol. The number of hydrogen-bond acceptors (Lipinski definition) is 4. The highest BCUT2D eigenvalue weighted by Crippen LogP contribution is 2.19. The third kappa shape index (κ3) is 3.81. The molecule has 0 spiro atoms. The van der Waals surface area contributed by atoms with Crippen LogP contribution >= 0.6 is 0 Å². The van der Waals surface area contributed by atoms with Crippen LogP contribution in [0.25, 0.3) is 0 Å². The quantitative estimate of drug-likeness (QED) is 0.474. The first-order valence-electron chi connectivity index (χ1n) is 6.59. The van der Waals surface area contributed by atoms with Gasteiger partial charge in [-0.25, -0.2) is 4.79 Å². The fourth-order valence-electron chi connectivity index (χ4n) is 2.07. The van der Waals surface area contributed by atoms with Gasteiger partial charge in [0, 0.05) is 17.8 Å². The van der Waals surface area contributed by atoms with Crippen LogP contribution in [0.4, 0.5) is 0 Å². The SMILES string of the molecule is C=CCNC(=O)C(C)OC(=O)c1[nH]c(C)c(C(C)=O)c1C. The second kappa shape index (κ2) is 6.88. The van der Waals surface area contributed by atoms with Crippen LogP contribution in [0.15, 0.2) is 12.7 Å². The molecule has 1 rings (SSSR count). The van der Waals surface area contributed by atoms with E-state index in [1.807, 2.05) is 0 Å². The second-order valence-corrected chi connectivity index (χ2v) is 4.76. The molecule has 0 aliphatic rings. The van der Waals surface area contributed by atoms with E-state index >= 15 is 0 Å². The van der Waals surface area contributed by atoms with Gasteiger partial charge in [-0.05, 0) is 33.3 Å². The average Bonchev–Trinajstić information content (AvgIpc) is 2.71. The molecule has 1 atom stereocenters.